The standard InChI is InChI=1S/C11H13N5O3/c1-7(16-5-8(3-13-16)11(18)19)10(17)14-9-4-12-15(2)6-9/h3-7H,1-2H3,(H,14,17)(H,18,19). The maximum Gasteiger partial charge on any atom is 0.338 e. The van der Waals surface area contributed by atoms with Crippen LogP contribution in [0.25, 0.3) is 0 Å². The van der Waals surface area contributed by atoms with Crippen molar-refractivity contribution in [2.45, 2.75) is 13.0 Å². The number of hydrogen-bond donors (Lipinski definition) is 2. The number of carboxylic acids is 1. The second-order valence-electron chi connectivity index (χ2n) is 4.08. The Hall–Kier alpha value is -2.64. The average molecular weight is 263 g/mol. The summed E-state index contributed by atoms with van der Waals surface area (Å²) >= 11 is 0. The molecule has 19 heavy (non-hydrogen) atoms. The van der Waals surface area contributed by atoms with Gasteiger partial charge in [-0.15, -0.1) is 0 Å². The molecule has 0 fully saturated rings. The van der Waals surface area contributed by atoms with Gasteiger partial charge in [-0.25, -0.2) is 4.79 Å². The molecule has 0 saturated heterocycles. The molecule has 0 aromatic carbocycles. The number of nitrogens with one attached hydrogen (secondary N) is 1. The van der Waals surface area contributed by atoms with Crippen molar-refractivity contribution in [3.63, 3.8) is 0 Å². The molecule has 2 aromatic heterocycles. The van der Waals surface area contributed by atoms with Crippen molar-refractivity contribution in [3.05, 3.63) is 30.4 Å². The molecule has 2 aromatic rings. The second-order valence-corrected chi connectivity index (χ2v) is 4.08. The minimum absolute atomic E-state index is 0.0426. The maximum absolute atomic E-state index is 11.9. The fourth-order valence-electron chi connectivity index (χ4n) is 1.51. The van der Waals surface area contributed by atoms with Crippen molar-refractivity contribution in [1.82, 2.24) is 19.6 Å². The third-order valence-electron chi connectivity index (χ3n) is 2.60. The number of nitrogens with zero attached hydrogens (tertiary/aromatic N) is 4. The summed E-state index contributed by atoms with van der Waals surface area (Å²) in [4.78, 5) is 22.7. The molecule has 2 N–H and O–H groups in total. The summed E-state index contributed by atoms with van der Waals surface area (Å²) in [5.41, 5.74) is 0.617. The minimum Gasteiger partial charge on any atom is -0.478 e. The summed E-state index contributed by atoms with van der Waals surface area (Å²) in [6.45, 7) is 1.63. The number of carbonyl (C=O) groups is 2. The fourth-order valence-corrected chi connectivity index (χ4v) is 1.51. The fraction of sp³-hybridized carbons (Fsp3) is 0.273. The monoisotopic (exact) mass is 263 g/mol. The molecule has 2 rings (SSSR count). The van der Waals surface area contributed by atoms with Gasteiger partial charge in [0.2, 0.25) is 5.91 Å². The zero-order chi connectivity index (χ0) is 14.0. The lowest BCUT2D eigenvalue weighted by Crippen LogP contribution is -2.23. The number of carboxylic acid groups (broad SMARTS) is 1. The third-order valence-corrected chi connectivity index (χ3v) is 2.60. The molecule has 0 aliphatic carbocycles. The highest BCUT2D eigenvalue weighted by molar-refractivity contribution is 5.93. The van der Waals surface area contributed by atoms with Crippen LogP contribution >= 0.6 is 0 Å². The molecule has 8 nitrogen and oxygen atoms in total. The Bertz CT molecular complexity index is 615. The molecule has 1 atom stereocenters. The second kappa shape index (κ2) is 4.92. The van der Waals surface area contributed by atoms with Crippen molar-refractivity contribution >= 4 is 17.6 Å². The molecule has 0 spiro atoms. The zero-order valence-corrected chi connectivity index (χ0v) is 10.4. The molecular formula is C11H13N5O3. The van der Waals surface area contributed by atoms with Crippen LogP contribution in [0.1, 0.15) is 23.3 Å². The van der Waals surface area contributed by atoms with E-state index >= 15 is 0 Å². The van der Waals surface area contributed by atoms with Gasteiger partial charge in [-0.2, -0.15) is 10.2 Å². The van der Waals surface area contributed by atoms with Gasteiger partial charge in [0.05, 0.1) is 23.6 Å². The van der Waals surface area contributed by atoms with Crippen molar-refractivity contribution in [2.75, 3.05) is 5.32 Å². The third kappa shape index (κ3) is 2.79. The summed E-state index contributed by atoms with van der Waals surface area (Å²) in [5, 5.41) is 19.3. The molecule has 0 aliphatic heterocycles. The summed E-state index contributed by atoms with van der Waals surface area (Å²) < 4.78 is 2.87. The van der Waals surface area contributed by atoms with E-state index in [9.17, 15) is 9.59 Å². The normalized spacial score (nSPS) is 12.1. The molecule has 1 unspecified atom stereocenters. The molecule has 2 heterocycles. The van der Waals surface area contributed by atoms with Crippen LogP contribution < -0.4 is 5.32 Å². The lowest BCUT2D eigenvalue weighted by atomic mass is 10.3. The highest BCUT2D eigenvalue weighted by Gasteiger charge is 2.18. The van der Waals surface area contributed by atoms with Gasteiger partial charge >= 0.3 is 5.97 Å². The Morgan fingerprint density at radius 3 is 2.58 bits per heavy atom. The van der Waals surface area contributed by atoms with E-state index in [0.717, 1.165) is 0 Å². The topological polar surface area (TPSA) is 102 Å². The van der Waals surface area contributed by atoms with Crippen molar-refractivity contribution in [3.8, 4) is 0 Å². The first-order chi connectivity index (χ1) is 8.97. The summed E-state index contributed by atoms with van der Waals surface area (Å²) in [5.74, 6) is -1.38. The number of aromatic carboxylic acids is 1. The Morgan fingerprint density at radius 1 is 1.32 bits per heavy atom. The SMILES string of the molecule is CC(C(=O)Nc1cnn(C)c1)n1cc(C(=O)O)cn1. The molecule has 0 aliphatic rings. The van der Waals surface area contributed by atoms with E-state index in [1.165, 1.54) is 23.3 Å². The number of aromatic nitrogens is 4. The number of rotatable bonds is 4. The first-order valence-corrected chi connectivity index (χ1v) is 5.54. The number of aryl methyl sites for hydroxylation is 1. The minimum atomic E-state index is -1.08. The van der Waals surface area contributed by atoms with Crippen molar-refractivity contribution < 1.29 is 14.7 Å². The Kier molecular flexibility index (Phi) is 3.32. The van der Waals surface area contributed by atoms with Crippen LogP contribution in [-0.4, -0.2) is 36.5 Å². The van der Waals surface area contributed by atoms with E-state index < -0.39 is 12.0 Å². The Morgan fingerprint density at radius 2 is 2.05 bits per heavy atom. The van der Waals surface area contributed by atoms with Crippen LogP contribution in [0.4, 0.5) is 5.69 Å². The van der Waals surface area contributed by atoms with Crippen molar-refractivity contribution in [1.29, 1.82) is 0 Å². The molecule has 100 valence electrons. The first-order valence-electron chi connectivity index (χ1n) is 5.54. The molecule has 8 heteroatoms. The number of hydrogen-bond acceptors (Lipinski definition) is 4. The molecular weight excluding hydrogens is 250 g/mol. The van der Waals surface area contributed by atoms with E-state index in [1.807, 2.05) is 0 Å². The van der Waals surface area contributed by atoms with Crippen LogP contribution in [-0.2, 0) is 11.8 Å². The number of amides is 1. The van der Waals surface area contributed by atoms with Gasteiger partial charge in [-0.3, -0.25) is 14.2 Å². The van der Waals surface area contributed by atoms with Gasteiger partial charge in [0, 0.05) is 19.4 Å². The van der Waals surface area contributed by atoms with Gasteiger partial charge in [-0.1, -0.05) is 0 Å². The summed E-state index contributed by atoms with van der Waals surface area (Å²) in [6, 6.07) is -0.617. The van der Waals surface area contributed by atoms with E-state index in [2.05, 4.69) is 15.5 Å². The highest BCUT2D eigenvalue weighted by Crippen LogP contribution is 2.11. The summed E-state index contributed by atoms with van der Waals surface area (Å²) in [6.07, 6.45) is 5.71. The largest absolute Gasteiger partial charge is 0.478 e. The maximum atomic E-state index is 11.9. The lowest BCUT2D eigenvalue weighted by Gasteiger charge is -2.11. The van der Waals surface area contributed by atoms with E-state index in [4.69, 9.17) is 5.11 Å². The predicted octanol–water partition coefficient (Wildman–Crippen LogP) is 0.514. The summed E-state index contributed by atoms with van der Waals surface area (Å²) in [7, 11) is 1.74. The van der Waals surface area contributed by atoms with Gasteiger partial charge in [0.15, 0.2) is 0 Å². The van der Waals surface area contributed by atoms with Crippen LogP contribution in [0.5, 0.6) is 0 Å². The number of anilines is 1. The van der Waals surface area contributed by atoms with E-state index in [0.29, 0.717) is 5.69 Å². The quantitative estimate of drug-likeness (QED) is 0.837. The molecule has 0 saturated carbocycles. The number of carbonyl (C=O) groups excluding carboxylic acids is 1. The molecule has 0 bridgehead atoms. The Labute approximate surface area is 108 Å². The predicted molar refractivity (Wildman–Crippen MR) is 65.7 cm³/mol. The molecule has 0 radical (unpaired) electrons. The van der Waals surface area contributed by atoms with Crippen LogP contribution in [0.2, 0.25) is 0 Å². The van der Waals surface area contributed by atoms with Crippen LogP contribution in [0.3, 0.4) is 0 Å². The van der Waals surface area contributed by atoms with Gasteiger partial charge in [0.1, 0.15) is 6.04 Å². The van der Waals surface area contributed by atoms with Crippen molar-refractivity contribution in [2.24, 2.45) is 7.05 Å². The average Bonchev–Trinajstić information content (AvgIpc) is 2.97. The van der Waals surface area contributed by atoms with Crippen LogP contribution in [0.15, 0.2) is 24.8 Å². The highest BCUT2D eigenvalue weighted by atomic mass is 16.4. The first kappa shape index (κ1) is 12.8. The van der Waals surface area contributed by atoms with Gasteiger partial charge < -0.3 is 10.4 Å². The van der Waals surface area contributed by atoms with E-state index in [1.54, 1.807) is 24.9 Å². The van der Waals surface area contributed by atoms with Gasteiger partial charge in [-0.05, 0) is 6.92 Å². The lowest BCUT2D eigenvalue weighted by molar-refractivity contribution is -0.119. The Balaban J connectivity index is 2.07. The van der Waals surface area contributed by atoms with Gasteiger partial charge in [0.25, 0.3) is 0 Å². The molecule has 1 amide bonds. The zero-order valence-electron chi connectivity index (χ0n) is 10.4. The van der Waals surface area contributed by atoms with E-state index in [-0.39, 0.29) is 11.5 Å². The smallest absolute Gasteiger partial charge is 0.338 e. The van der Waals surface area contributed by atoms with Crippen LogP contribution in [0, 0.1) is 0 Å².